The van der Waals surface area contributed by atoms with Gasteiger partial charge in [0.15, 0.2) is 5.65 Å². The zero-order valence-corrected chi connectivity index (χ0v) is 16.8. The molecule has 7 nitrogen and oxygen atoms in total. The number of nitrogens with zero attached hydrogens (tertiary/aromatic N) is 4. The van der Waals surface area contributed by atoms with Crippen molar-refractivity contribution in [2.24, 2.45) is 5.92 Å². The molecule has 2 aromatic heterocycles. The van der Waals surface area contributed by atoms with Crippen molar-refractivity contribution in [2.75, 3.05) is 19.0 Å². The van der Waals surface area contributed by atoms with Crippen molar-refractivity contribution in [3.8, 4) is 0 Å². The largest absolute Gasteiger partial charge is 0.390 e. The van der Waals surface area contributed by atoms with Gasteiger partial charge >= 0.3 is 0 Å². The Morgan fingerprint density at radius 1 is 1.37 bits per heavy atom. The van der Waals surface area contributed by atoms with E-state index in [9.17, 15) is 23.1 Å². The number of halogens is 3. The number of nitrogens with one attached hydrogen (secondary N) is 1. The fourth-order valence-corrected chi connectivity index (χ4v) is 3.72. The van der Waals surface area contributed by atoms with E-state index in [0.29, 0.717) is 18.4 Å². The molecule has 2 heterocycles. The molecule has 0 amide bonds. The Balaban J connectivity index is 1.92. The third-order valence-electron chi connectivity index (χ3n) is 5.33. The lowest BCUT2D eigenvalue weighted by Gasteiger charge is -2.20. The van der Waals surface area contributed by atoms with Crippen LogP contribution in [0, 0.1) is 11.7 Å². The molecule has 3 aromatic rings. The Bertz CT molecular complexity index is 1160. The van der Waals surface area contributed by atoms with Crippen LogP contribution in [0.5, 0.6) is 0 Å². The van der Waals surface area contributed by atoms with Crippen LogP contribution in [0.2, 0.25) is 0 Å². The fourth-order valence-electron chi connectivity index (χ4n) is 3.72. The van der Waals surface area contributed by atoms with Gasteiger partial charge in [0.2, 0.25) is 5.95 Å². The summed E-state index contributed by atoms with van der Waals surface area (Å²) in [4.78, 5) is 21.4. The second-order valence-electron chi connectivity index (χ2n) is 7.94. The molecule has 160 valence electrons. The quantitative estimate of drug-likeness (QED) is 0.639. The minimum Gasteiger partial charge on any atom is -0.390 e. The van der Waals surface area contributed by atoms with Crippen molar-refractivity contribution in [1.82, 2.24) is 19.7 Å². The second-order valence-corrected chi connectivity index (χ2v) is 7.94. The van der Waals surface area contributed by atoms with Crippen LogP contribution in [0.4, 0.5) is 19.1 Å². The van der Waals surface area contributed by atoms with E-state index in [1.807, 2.05) is 0 Å². The van der Waals surface area contributed by atoms with Gasteiger partial charge in [-0.05, 0) is 36.5 Å². The van der Waals surface area contributed by atoms with E-state index in [-0.39, 0.29) is 22.6 Å². The van der Waals surface area contributed by atoms with Crippen LogP contribution in [0.25, 0.3) is 11.0 Å². The number of aromatic amines is 1. The number of H-pyrrole nitrogens is 1. The maximum atomic E-state index is 14.5. The average molecular weight is 421 g/mol. The van der Waals surface area contributed by atoms with E-state index >= 15 is 0 Å². The summed E-state index contributed by atoms with van der Waals surface area (Å²) in [5, 5.41) is 14.3. The molecular formula is C20H22F3N5O2. The molecule has 1 aromatic carbocycles. The van der Waals surface area contributed by atoms with Crippen molar-refractivity contribution >= 4 is 17.0 Å². The number of aromatic nitrogens is 4. The van der Waals surface area contributed by atoms with Gasteiger partial charge in [-0.3, -0.25) is 9.78 Å². The highest BCUT2D eigenvalue weighted by Crippen LogP contribution is 2.45. The summed E-state index contributed by atoms with van der Waals surface area (Å²) in [5.41, 5.74) is -0.238. The Hall–Kier alpha value is -2.88. The third-order valence-corrected chi connectivity index (χ3v) is 5.33. The number of hydrogen-bond donors (Lipinski definition) is 2. The molecule has 1 aliphatic carbocycles. The van der Waals surface area contributed by atoms with E-state index < -0.39 is 35.5 Å². The molecule has 1 fully saturated rings. The van der Waals surface area contributed by atoms with Gasteiger partial charge in [-0.2, -0.15) is 10.1 Å². The maximum absolute atomic E-state index is 14.5. The first-order valence-corrected chi connectivity index (χ1v) is 9.59. The Morgan fingerprint density at radius 2 is 2.07 bits per heavy atom. The van der Waals surface area contributed by atoms with Gasteiger partial charge in [-0.25, -0.2) is 17.9 Å². The molecule has 1 saturated carbocycles. The van der Waals surface area contributed by atoms with Crippen LogP contribution in [-0.4, -0.2) is 39.0 Å². The predicted molar refractivity (Wildman–Crippen MR) is 105 cm³/mol. The van der Waals surface area contributed by atoms with Crippen molar-refractivity contribution in [1.29, 1.82) is 0 Å². The number of fused-ring (bicyclic) bond motifs is 1. The number of aliphatic hydroxyl groups excluding tert-OH is 1. The number of aliphatic hydroxyl groups is 1. The molecule has 4 rings (SSSR count). The topological polar surface area (TPSA) is 87.0 Å². The van der Waals surface area contributed by atoms with Gasteiger partial charge in [0.1, 0.15) is 16.9 Å². The first-order chi connectivity index (χ1) is 14.1. The average Bonchev–Trinajstić information content (AvgIpc) is 3.42. The van der Waals surface area contributed by atoms with E-state index in [2.05, 4.69) is 15.1 Å². The van der Waals surface area contributed by atoms with Crippen molar-refractivity contribution in [3.05, 3.63) is 51.2 Å². The Kier molecular flexibility index (Phi) is 4.84. The van der Waals surface area contributed by atoms with Crippen molar-refractivity contribution in [2.45, 2.75) is 38.3 Å². The molecule has 0 aliphatic heterocycles. The lowest BCUT2D eigenvalue weighted by Crippen LogP contribution is -2.21. The Labute approximate surface area is 170 Å². The third kappa shape index (κ3) is 3.45. The molecule has 0 radical (unpaired) electrons. The number of hydrogen-bond acceptors (Lipinski definition) is 5. The number of anilines is 1. The smallest absolute Gasteiger partial charge is 0.273 e. The number of rotatable bonds is 6. The molecule has 30 heavy (non-hydrogen) atoms. The summed E-state index contributed by atoms with van der Waals surface area (Å²) in [6.45, 7) is 0.180. The van der Waals surface area contributed by atoms with Crippen molar-refractivity contribution < 1.29 is 18.3 Å². The van der Waals surface area contributed by atoms with Gasteiger partial charge in [-0.1, -0.05) is 6.07 Å². The minimum absolute atomic E-state index is 0.0934. The highest BCUT2D eigenvalue weighted by molar-refractivity contribution is 5.78. The van der Waals surface area contributed by atoms with Crippen LogP contribution in [-0.2, 0) is 12.5 Å². The SMILES string of the molecule is CN(C)c1nc2c(c(CO)nn2[C@H](c2ccc(C(C)(F)F)c(F)c2)C2CC2)c(=O)[nH]1. The highest BCUT2D eigenvalue weighted by atomic mass is 19.3. The van der Waals surface area contributed by atoms with Crippen LogP contribution in [0.15, 0.2) is 23.0 Å². The monoisotopic (exact) mass is 421 g/mol. The predicted octanol–water partition coefficient (Wildman–Crippen LogP) is 2.93. The molecule has 0 unspecified atom stereocenters. The summed E-state index contributed by atoms with van der Waals surface area (Å²) in [6.07, 6.45) is 1.69. The van der Waals surface area contributed by atoms with Gasteiger partial charge in [0, 0.05) is 21.0 Å². The summed E-state index contributed by atoms with van der Waals surface area (Å²) < 4.78 is 43.3. The molecule has 1 atom stereocenters. The first-order valence-electron chi connectivity index (χ1n) is 9.59. The van der Waals surface area contributed by atoms with Crippen LogP contribution >= 0.6 is 0 Å². The van der Waals surface area contributed by atoms with E-state index in [1.54, 1.807) is 19.0 Å². The van der Waals surface area contributed by atoms with Crippen molar-refractivity contribution in [3.63, 3.8) is 0 Å². The standard InChI is InChI=1S/C20H22F3N5O2/c1-20(22,23)12-7-6-11(8-13(12)21)16(10-4-5-10)28-17-15(14(9-29)26-28)18(30)25-19(24-17)27(2)3/h6-8,10,16,29H,4-5,9H2,1-3H3,(H,24,25,30)/t16-/m0/s1. The summed E-state index contributed by atoms with van der Waals surface area (Å²) in [6, 6.07) is 3.16. The van der Waals surface area contributed by atoms with Crippen LogP contribution < -0.4 is 10.5 Å². The lowest BCUT2D eigenvalue weighted by molar-refractivity contribution is 0.0137. The van der Waals surface area contributed by atoms with E-state index in [0.717, 1.165) is 25.0 Å². The minimum atomic E-state index is -3.30. The first kappa shape index (κ1) is 20.4. The number of alkyl halides is 2. The molecule has 2 N–H and O–H groups in total. The van der Waals surface area contributed by atoms with Gasteiger partial charge < -0.3 is 10.0 Å². The molecule has 0 spiro atoms. The van der Waals surface area contributed by atoms with Crippen LogP contribution in [0.1, 0.15) is 42.6 Å². The molecule has 0 saturated heterocycles. The second kappa shape index (κ2) is 7.12. The molecular weight excluding hydrogens is 399 g/mol. The molecule has 10 heteroatoms. The van der Waals surface area contributed by atoms with Gasteiger partial charge in [0.05, 0.1) is 18.2 Å². The molecule has 1 aliphatic rings. The van der Waals surface area contributed by atoms with E-state index in [4.69, 9.17) is 0 Å². The van der Waals surface area contributed by atoms with Gasteiger partial charge in [0.25, 0.3) is 11.5 Å². The normalized spacial score (nSPS) is 15.6. The Morgan fingerprint density at radius 3 is 2.60 bits per heavy atom. The zero-order valence-electron chi connectivity index (χ0n) is 16.8. The zero-order chi connectivity index (χ0) is 21.8. The number of benzene rings is 1. The van der Waals surface area contributed by atoms with Gasteiger partial charge in [-0.15, -0.1) is 0 Å². The van der Waals surface area contributed by atoms with E-state index in [1.165, 1.54) is 10.7 Å². The summed E-state index contributed by atoms with van der Waals surface area (Å²) >= 11 is 0. The summed E-state index contributed by atoms with van der Waals surface area (Å²) in [5.74, 6) is -3.89. The fraction of sp³-hybridized carbons (Fsp3) is 0.450. The van der Waals surface area contributed by atoms with Crippen LogP contribution in [0.3, 0.4) is 0 Å². The lowest BCUT2D eigenvalue weighted by atomic mass is 9.99. The highest BCUT2D eigenvalue weighted by Gasteiger charge is 2.37. The maximum Gasteiger partial charge on any atom is 0.273 e. The molecule has 0 bridgehead atoms. The summed E-state index contributed by atoms with van der Waals surface area (Å²) in [7, 11) is 3.43.